The average molecular weight is 277 g/mol. The summed E-state index contributed by atoms with van der Waals surface area (Å²) in [6.45, 7) is 3.94. The minimum Gasteiger partial charge on any atom is -0.508 e. The standard InChI is InChI=1S/C16H23NO3/c1-3-13(16(17)20)9-12(10-18)8-11(2)14-4-6-15(19)7-5-14/h4-7,10-13,19H,3,8-9H2,1-2H3,(H2,17,20). The first-order chi connectivity index (χ1) is 9.47. The van der Waals surface area contributed by atoms with Gasteiger partial charge in [-0.15, -0.1) is 0 Å². The molecule has 3 unspecified atom stereocenters. The van der Waals surface area contributed by atoms with E-state index in [2.05, 4.69) is 0 Å². The van der Waals surface area contributed by atoms with E-state index in [1.807, 2.05) is 26.0 Å². The highest BCUT2D eigenvalue weighted by Gasteiger charge is 2.21. The number of rotatable bonds is 8. The number of amides is 1. The number of phenols is 1. The largest absolute Gasteiger partial charge is 0.508 e. The van der Waals surface area contributed by atoms with Crippen molar-refractivity contribution in [3.63, 3.8) is 0 Å². The Kier molecular flexibility index (Phi) is 6.22. The zero-order valence-electron chi connectivity index (χ0n) is 12.1. The summed E-state index contributed by atoms with van der Waals surface area (Å²) in [5.41, 5.74) is 6.40. The molecular weight excluding hydrogens is 254 g/mol. The molecule has 0 saturated carbocycles. The third-order valence-corrected chi connectivity index (χ3v) is 3.79. The highest BCUT2D eigenvalue weighted by molar-refractivity contribution is 5.77. The summed E-state index contributed by atoms with van der Waals surface area (Å²) in [5, 5.41) is 9.27. The Balaban J connectivity index is 2.65. The van der Waals surface area contributed by atoms with E-state index >= 15 is 0 Å². The van der Waals surface area contributed by atoms with Gasteiger partial charge in [-0.25, -0.2) is 0 Å². The van der Waals surface area contributed by atoms with Crippen LogP contribution in [0.3, 0.4) is 0 Å². The van der Waals surface area contributed by atoms with Crippen LogP contribution in [0, 0.1) is 11.8 Å². The van der Waals surface area contributed by atoms with E-state index < -0.39 is 0 Å². The van der Waals surface area contributed by atoms with Crippen LogP contribution in [0.1, 0.15) is 44.6 Å². The van der Waals surface area contributed by atoms with Crippen LogP contribution in [0.2, 0.25) is 0 Å². The van der Waals surface area contributed by atoms with Crippen LogP contribution in [0.25, 0.3) is 0 Å². The Morgan fingerprint density at radius 1 is 1.30 bits per heavy atom. The first-order valence-electron chi connectivity index (χ1n) is 7.01. The smallest absolute Gasteiger partial charge is 0.220 e. The first kappa shape index (κ1) is 16.2. The number of benzene rings is 1. The van der Waals surface area contributed by atoms with Gasteiger partial charge in [0.25, 0.3) is 0 Å². The molecule has 0 saturated heterocycles. The van der Waals surface area contributed by atoms with Gasteiger partial charge in [-0.2, -0.15) is 0 Å². The molecule has 1 aromatic rings. The van der Waals surface area contributed by atoms with E-state index in [0.29, 0.717) is 19.3 Å². The maximum absolute atomic E-state index is 11.3. The summed E-state index contributed by atoms with van der Waals surface area (Å²) >= 11 is 0. The number of hydrogen-bond acceptors (Lipinski definition) is 3. The fourth-order valence-electron chi connectivity index (χ4n) is 2.45. The summed E-state index contributed by atoms with van der Waals surface area (Å²) in [6, 6.07) is 6.99. The molecule has 0 radical (unpaired) electrons. The molecule has 0 spiro atoms. The summed E-state index contributed by atoms with van der Waals surface area (Å²) in [4.78, 5) is 22.5. The molecule has 110 valence electrons. The predicted octanol–water partition coefficient (Wildman–Crippen LogP) is 2.60. The van der Waals surface area contributed by atoms with Gasteiger partial charge in [-0.05, 0) is 42.9 Å². The first-order valence-corrected chi connectivity index (χ1v) is 7.01. The number of carbonyl (C=O) groups is 2. The molecule has 1 rings (SSSR count). The summed E-state index contributed by atoms with van der Waals surface area (Å²) in [7, 11) is 0. The number of aldehydes is 1. The molecule has 0 fully saturated rings. The second-order valence-electron chi connectivity index (χ2n) is 5.37. The molecule has 0 bridgehead atoms. The number of nitrogens with two attached hydrogens (primary N) is 1. The van der Waals surface area contributed by atoms with Gasteiger partial charge in [0.15, 0.2) is 0 Å². The van der Waals surface area contributed by atoms with E-state index in [-0.39, 0.29) is 29.4 Å². The SMILES string of the molecule is CCC(CC(C=O)CC(C)c1ccc(O)cc1)C(N)=O. The van der Waals surface area contributed by atoms with Crippen LogP contribution >= 0.6 is 0 Å². The maximum atomic E-state index is 11.3. The highest BCUT2D eigenvalue weighted by atomic mass is 16.3. The van der Waals surface area contributed by atoms with Crippen LogP contribution in [0.4, 0.5) is 0 Å². The minimum atomic E-state index is -0.336. The molecule has 1 amide bonds. The van der Waals surface area contributed by atoms with E-state index in [0.717, 1.165) is 11.8 Å². The van der Waals surface area contributed by atoms with Crippen molar-refractivity contribution in [1.82, 2.24) is 0 Å². The van der Waals surface area contributed by atoms with Gasteiger partial charge in [0.1, 0.15) is 12.0 Å². The lowest BCUT2D eigenvalue weighted by molar-refractivity contribution is -0.122. The van der Waals surface area contributed by atoms with Gasteiger partial charge < -0.3 is 15.6 Å². The minimum absolute atomic E-state index is 0.170. The van der Waals surface area contributed by atoms with Crippen molar-refractivity contribution in [2.45, 2.75) is 39.0 Å². The van der Waals surface area contributed by atoms with Gasteiger partial charge in [-0.3, -0.25) is 4.79 Å². The van der Waals surface area contributed by atoms with Crippen molar-refractivity contribution in [2.24, 2.45) is 17.6 Å². The van der Waals surface area contributed by atoms with Crippen LogP contribution in [-0.2, 0) is 9.59 Å². The molecule has 1 aromatic carbocycles. The Labute approximate surface area is 120 Å². The van der Waals surface area contributed by atoms with E-state index in [9.17, 15) is 14.7 Å². The van der Waals surface area contributed by atoms with E-state index in [4.69, 9.17) is 5.73 Å². The lowest BCUT2D eigenvalue weighted by atomic mass is 9.84. The van der Waals surface area contributed by atoms with Gasteiger partial charge in [0.2, 0.25) is 5.91 Å². The lowest BCUT2D eigenvalue weighted by Gasteiger charge is -2.20. The monoisotopic (exact) mass is 277 g/mol. The summed E-state index contributed by atoms with van der Waals surface area (Å²) < 4.78 is 0. The van der Waals surface area contributed by atoms with Gasteiger partial charge in [0, 0.05) is 11.8 Å². The van der Waals surface area contributed by atoms with Crippen LogP contribution in [0.5, 0.6) is 5.75 Å². The number of hydrogen-bond donors (Lipinski definition) is 2. The summed E-state index contributed by atoms with van der Waals surface area (Å²) in [5.74, 6) is -0.325. The highest BCUT2D eigenvalue weighted by Crippen LogP contribution is 2.27. The van der Waals surface area contributed by atoms with Crippen molar-refractivity contribution in [3.05, 3.63) is 29.8 Å². The van der Waals surface area contributed by atoms with Crippen molar-refractivity contribution in [1.29, 1.82) is 0 Å². The number of aromatic hydroxyl groups is 1. The molecule has 20 heavy (non-hydrogen) atoms. The fraction of sp³-hybridized carbons (Fsp3) is 0.500. The van der Waals surface area contributed by atoms with Crippen LogP contribution < -0.4 is 5.73 Å². The van der Waals surface area contributed by atoms with Crippen molar-refractivity contribution < 1.29 is 14.7 Å². The molecule has 0 aliphatic carbocycles. The second kappa shape index (κ2) is 7.68. The van der Waals surface area contributed by atoms with Crippen molar-refractivity contribution in [3.8, 4) is 5.75 Å². The van der Waals surface area contributed by atoms with Gasteiger partial charge >= 0.3 is 0 Å². The molecule has 0 aliphatic heterocycles. The van der Waals surface area contributed by atoms with Crippen molar-refractivity contribution >= 4 is 12.2 Å². The van der Waals surface area contributed by atoms with Crippen LogP contribution in [0.15, 0.2) is 24.3 Å². The zero-order chi connectivity index (χ0) is 15.1. The number of carbonyl (C=O) groups excluding carboxylic acids is 2. The quantitative estimate of drug-likeness (QED) is 0.717. The lowest BCUT2D eigenvalue weighted by Crippen LogP contribution is -2.25. The third kappa shape index (κ3) is 4.68. The Bertz CT molecular complexity index is 442. The van der Waals surface area contributed by atoms with Crippen molar-refractivity contribution in [2.75, 3.05) is 0 Å². The number of primary amides is 1. The van der Waals surface area contributed by atoms with Gasteiger partial charge in [-0.1, -0.05) is 26.0 Å². The molecule has 3 N–H and O–H groups in total. The maximum Gasteiger partial charge on any atom is 0.220 e. The molecule has 0 heterocycles. The zero-order valence-corrected chi connectivity index (χ0v) is 12.1. The molecule has 0 aromatic heterocycles. The normalized spacial score (nSPS) is 15.3. The molecule has 4 nitrogen and oxygen atoms in total. The second-order valence-corrected chi connectivity index (χ2v) is 5.37. The average Bonchev–Trinajstić information content (AvgIpc) is 2.43. The fourth-order valence-corrected chi connectivity index (χ4v) is 2.45. The predicted molar refractivity (Wildman–Crippen MR) is 78.3 cm³/mol. The Morgan fingerprint density at radius 2 is 1.90 bits per heavy atom. The molecular formula is C16H23NO3. The van der Waals surface area contributed by atoms with E-state index in [1.54, 1.807) is 12.1 Å². The summed E-state index contributed by atoms with van der Waals surface area (Å²) in [6.07, 6.45) is 2.77. The molecule has 0 aliphatic rings. The Morgan fingerprint density at radius 3 is 2.35 bits per heavy atom. The molecule has 4 heteroatoms. The van der Waals surface area contributed by atoms with E-state index in [1.165, 1.54) is 0 Å². The molecule has 3 atom stereocenters. The topological polar surface area (TPSA) is 80.4 Å². The van der Waals surface area contributed by atoms with Gasteiger partial charge in [0.05, 0.1) is 0 Å². The Hall–Kier alpha value is -1.84. The third-order valence-electron chi connectivity index (χ3n) is 3.79. The number of phenolic OH excluding ortho intramolecular Hbond substituents is 1. The van der Waals surface area contributed by atoms with Crippen LogP contribution in [-0.4, -0.2) is 17.3 Å².